The van der Waals surface area contributed by atoms with E-state index in [1.807, 2.05) is 0 Å². The summed E-state index contributed by atoms with van der Waals surface area (Å²) in [6.45, 7) is 1.98. The van der Waals surface area contributed by atoms with Crippen molar-refractivity contribution in [2.75, 3.05) is 13.7 Å². The molecule has 0 spiro atoms. The highest BCUT2D eigenvalue weighted by Crippen LogP contribution is 2.23. The van der Waals surface area contributed by atoms with Crippen LogP contribution in [-0.2, 0) is 4.74 Å². The molecule has 0 aromatic heterocycles. The number of esters is 1. The zero-order valence-corrected chi connectivity index (χ0v) is 12.0. The van der Waals surface area contributed by atoms with Gasteiger partial charge in [0, 0.05) is 5.56 Å². The predicted octanol–water partition coefficient (Wildman–Crippen LogP) is 3.10. The zero-order chi connectivity index (χ0) is 15.2. The molecule has 0 radical (unpaired) electrons. The largest absolute Gasteiger partial charge is 0.496 e. The molecule has 0 aliphatic heterocycles. The quantitative estimate of drug-likeness (QED) is 0.625. The van der Waals surface area contributed by atoms with Crippen molar-refractivity contribution < 1.29 is 19.1 Å². The highest BCUT2D eigenvalue weighted by atomic mass is 16.5. The van der Waals surface area contributed by atoms with Crippen LogP contribution in [0.15, 0.2) is 48.5 Å². The normalized spacial score (nSPS) is 10.0. The zero-order valence-electron chi connectivity index (χ0n) is 12.0. The van der Waals surface area contributed by atoms with Gasteiger partial charge in [-0.2, -0.15) is 0 Å². The maximum Gasteiger partial charge on any atom is 0.338 e. The Labute approximate surface area is 123 Å². The van der Waals surface area contributed by atoms with Crippen LogP contribution < -0.4 is 4.74 Å². The fraction of sp³-hybridized carbons (Fsp3) is 0.176. The average Bonchev–Trinajstić information content (AvgIpc) is 2.54. The minimum absolute atomic E-state index is 0.259. The molecular formula is C17H16O4. The molecule has 0 fully saturated rings. The van der Waals surface area contributed by atoms with Gasteiger partial charge in [0.15, 0.2) is 5.78 Å². The summed E-state index contributed by atoms with van der Waals surface area (Å²) in [5.74, 6) is -0.298. The lowest BCUT2D eigenvalue weighted by molar-refractivity contribution is 0.0523. The van der Waals surface area contributed by atoms with E-state index in [-0.39, 0.29) is 18.0 Å². The Morgan fingerprint density at radius 2 is 1.48 bits per heavy atom. The van der Waals surface area contributed by atoms with E-state index in [4.69, 9.17) is 9.47 Å². The lowest BCUT2D eigenvalue weighted by atomic mass is 9.98. The van der Waals surface area contributed by atoms with Crippen molar-refractivity contribution in [1.82, 2.24) is 0 Å². The van der Waals surface area contributed by atoms with Crippen LogP contribution in [-0.4, -0.2) is 25.5 Å². The Morgan fingerprint density at radius 3 is 2.10 bits per heavy atom. The van der Waals surface area contributed by atoms with E-state index in [9.17, 15) is 9.59 Å². The molecule has 0 unspecified atom stereocenters. The summed E-state index contributed by atoms with van der Waals surface area (Å²) < 4.78 is 10.2. The Bertz CT molecular complexity index is 661. The number of benzene rings is 2. The molecule has 0 saturated heterocycles. The van der Waals surface area contributed by atoms with Gasteiger partial charge in [-0.3, -0.25) is 4.79 Å². The maximum atomic E-state index is 12.7. The van der Waals surface area contributed by atoms with Gasteiger partial charge in [0.25, 0.3) is 0 Å². The summed E-state index contributed by atoms with van der Waals surface area (Å²) in [7, 11) is 1.50. The first-order valence-corrected chi connectivity index (χ1v) is 6.63. The summed E-state index contributed by atoms with van der Waals surface area (Å²) in [5, 5.41) is 0. The van der Waals surface area contributed by atoms with Gasteiger partial charge in [-0.05, 0) is 25.1 Å². The first kappa shape index (κ1) is 14.8. The third kappa shape index (κ3) is 3.11. The van der Waals surface area contributed by atoms with Gasteiger partial charge in [0.1, 0.15) is 5.75 Å². The molecule has 0 saturated carbocycles. The monoisotopic (exact) mass is 284 g/mol. The van der Waals surface area contributed by atoms with E-state index in [0.29, 0.717) is 16.9 Å². The molecule has 2 rings (SSSR count). The SMILES string of the molecule is CCOC(=O)c1ccccc1C(=O)c1ccccc1OC. The van der Waals surface area contributed by atoms with Gasteiger partial charge < -0.3 is 9.47 Å². The van der Waals surface area contributed by atoms with Crippen LogP contribution in [0.25, 0.3) is 0 Å². The van der Waals surface area contributed by atoms with Gasteiger partial charge in [-0.25, -0.2) is 4.79 Å². The molecule has 2 aromatic rings. The number of ketones is 1. The van der Waals surface area contributed by atoms with E-state index in [1.165, 1.54) is 7.11 Å². The first-order valence-electron chi connectivity index (χ1n) is 6.63. The number of carbonyl (C=O) groups excluding carboxylic acids is 2. The highest BCUT2D eigenvalue weighted by Gasteiger charge is 2.20. The third-order valence-electron chi connectivity index (χ3n) is 3.02. The average molecular weight is 284 g/mol. The lowest BCUT2D eigenvalue weighted by Gasteiger charge is -2.10. The fourth-order valence-corrected chi connectivity index (χ4v) is 2.05. The first-order chi connectivity index (χ1) is 10.2. The second-order valence-electron chi connectivity index (χ2n) is 4.30. The molecular weight excluding hydrogens is 268 g/mol. The lowest BCUT2D eigenvalue weighted by Crippen LogP contribution is -2.13. The molecule has 0 heterocycles. The Balaban J connectivity index is 2.47. The number of carbonyl (C=O) groups is 2. The number of ether oxygens (including phenoxy) is 2. The number of hydrogen-bond donors (Lipinski definition) is 0. The van der Waals surface area contributed by atoms with Crippen LogP contribution in [0.1, 0.15) is 33.2 Å². The van der Waals surface area contributed by atoms with E-state index in [2.05, 4.69) is 0 Å². The van der Waals surface area contributed by atoms with E-state index in [0.717, 1.165) is 0 Å². The molecule has 21 heavy (non-hydrogen) atoms. The molecule has 4 nitrogen and oxygen atoms in total. The summed E-state index contributed by atoms with van der Waals surface area (Å²) in [6.07, 6.45) is 0. The summed E-state index contributed by atoms with van der Waals surface area (Å²) in [5.41, 5.74) is 0.979. The standard InChI is InChI=1S/C17H16O4/c1-3-21-17(19)13-9-5-4-8-12(13)16(18)14-10-6-7-11-15(14)20-2/h4-11H,3H2,1-2H3. The van der Waals surface area contributed by atoms with Crippen molar-refractivity contribution in [3.63, 3.8) is 0 Å². The number of rotatable bonds is 5. The minimum atomic E-state index is -0.503. The second kappa shape index (κ2) is 6.70. The highest BCUT2D eigenvalue weighted by molar-refractivity contribution is 6.15. The number of methoxy groups -OCH3 is 1. The van der Waals surface area contributed by atoms with Crippen LogP contribution in [0.2, 0.25) is 0 Å². The molecule has 0 bridgehead atoms. The topological polar surface area (TPSA) is 52.6 Å². The van der Waals surface area contributed by atoms with E-state index in [1.54, 1.807) is 55.5 Å². The smallest absolute Gasteiger partial charge is 0.338 e. The summed E-state index contributed by atoms with van der Waals surface area (Å²) >= 11 is 0. The molecule has 0 atom stereocenters. The van der Waals surface area contributed by atoms with Crippen LogP contribution in [0.4, 0.5) is 0 Å². The molecule has 2 aromatic carbocycles. The molecule has 0 N–H and O–H groups in total. The summed E-state index contributed by atoms with van der Waals surface area (Å²) in [4.78, 5) is 24.6. The van der Waals surface area contributed by atoms with Crippen molar-refractivity contribution >= 4 is 11.8 Å². The van der Waals surface area contributed by atoms with E-state index >= 15 is 0 Å². The molecule has 108 valence electrons. The Hall–Kier alpha value is -2.62. The predicted molar refractivity (Wildman–Crippen MR) is 78.8 cm³/mol. The van der Waals surface area contributed by atoms with Crippen molar-refractivity contribution in [3.05, 3.63) is 65.2 Å². The Kier molecular flexibility index (Phi) is 4.72. The van der Waals surface area contributed by atoms with Gasteiger partial charge in [-0.1, -0.05) is 30.3 Å². The van der Waals surface area contributed by atoms with Crippen molar-refractivity contribution in [3.8, 4) is 5.75 Å². The fourth-order valence-electron chi connectivity index (χ4n) is 2.05. The number of hydrogen-bond acceptors (Lipinski definition) is 4. The van der Waals surface area contributed by atoms with Crippen molar-refractivity contribution in [2.24, 2.45) is 0 Å². The van der Waals surface area contributed by atoms with Crippen LogP contribution in [0.3, 0.4) is 0 Å². The van der Waals surface area contributed by atoms with Gasteiger partial charge in [0.2, 0.25) is 0 Å². The van der Waals surface area contributed by atoms with Crippen LogP contribution >= 0.6 is 0 Å². The third-order valence-corrected chi connectivity index (χ3v) is 3.02. The van der Waals surface area contributed by atoms with Gasteiger partial charge >= 0.3 is 5.97 Å². The van der Waals surface area contributed by atoms with Crippen molar-refractivity contribution in [1.29, 1.82) is 0 Å². The Morgan fingerprint density at radius 1 is 0.905 bits per heavy atom. The minimum Gasteiger partial charge on any atom is -0.496 e. The van der Waals surface area contributed by atoms with Gasteiger partial charge in [0.05, 0.1) is 24.8 Å². The van der Waals surface area contributed by atoms with Crippen LogP contribution in [0, 0.1) is 0 Å². The number of para-hydroxylation sites is 1. The van der Waals surface area contributed by atoms with Crippen LogP contribution in [0.5, 0.6) is 5.75 Å². The second-order valence-corrected chi connectivity index (χ2v) is 4.30. The maximum absolute atomic E-state index is 12.7. The molecule has 4 heteroatoms. The van der Waals surface area contributed by atoms with Crippen molar-refractivity contribution in [2.45, 2.75) is 6.92 Å². The van der Waals surface area contributed by atoms with E-state index < -0.39 is 5.97 Å². The van der Waals surface area contributed by atoms with Gasteiger partial charge in [-0.15, -0.1) is 0 Å². The molecule has 0 aliphatic rings. The molecule has 0 amide bonds. The summed E-state index contributed by atoms with van der Waals surface area (Å²) in [6, 6.07) is 13.5. The molecule has 0 aliphatic carbocycles.